The van der Waals surface area contributed by atoms with E-state index in [1.54, 1.807) is 0 Å². The van der Waals surface area contributed by atoms with Gasteiger partial charge in [-0.05, 0) is 15.9 Å². The van der Waals surface area contributed by atoms with Crippen LogP contribution in [0.3, 0.4) is 0 Å². The van der Waals surface area contributed by atoms with Crippen LogP contribution in [0.4, 0.5) is 14.5 Å². The van der Waals surface area contributed by atoms with E-state index < -0.39 is 27.2 Å². The van der Waals surface area contributed by atoms with Gasteiger partial charge in [0, 0.05) is 6.20 Å². The SMILES string of the molecule is O=Cc1cnc(C(F)F)c(Br)c1[N+](=O)[O-]. The Kier molecular flexibility index (Phi) is 3.40. The molecule has 0 atom stereocenters. The smallest absolute Gasteiger partial charge is 0.297 e. The van der Waals surface area contributed by atoms with Crippen molar-refractivity contribution in [1.82, 2.24) is 4.98 Å². The topological polar surface area (TPSA) is 73.1 Å². The summed E-state index contributed by atoms with van der Waals surface area (Å²) >= 11 is 2.63. The first-order chi connectivity index (χ1) is 6.99. The zero-order valence-electron chi connectivity index (χ0n) is 6.99. The quantitative estimate of drug-likeness (QED) is 0.484. The van der Waals surface area contributed by atoms with Crippen molar-refractivity contribution in [1.29, 1.82) is 0 Å². The van der Waals surface area contributed by atoms with Crippen LogP contribution in [0.15, 0.2) is 10.7 Å². The van der Waals surface area contributed by atoms with Crippen LogP contribution in [0.25, 0.3) is 0 Å². The Morgan fingerprint density at radius 2 is 2.20 bits per heavy atom. The number of aromatic nitrogens is 1. The van der Waals surface area contributed by atoms with Gasteiger partial charge in [-0.3, -0.25) is 19.9 Å². The minimum Gasteiger partial charge on any atom is -0.298 e. The summed E-state index contributed by atoms with van der Waals surface area (Å²) in [7, 11) is 0. The fourth-order valence-electron chi connectivity index (χ4n) is 0.929. The number of halogens is 3. The highest BCUT2D eigenvalue weighted by molar-refractivity contribution is 9.10. The summed E-state index contributed by atoms with van der Waals surface area (Å²) in [6.07, 6.45) is -2.01. The highest BCUT2D eigenvalue weighted by atomic mass is 79.9. The second-order valence-corrected chi connectivity index (χ2v) is 3.23. The number of pyridine rings is 1. The van der Waals surface area contributed by atoms with E-state index in [0.717, 1.165) is 6.20 Å². The Labute approximate surface area is 90.4 Å². The third-order valence-electron chi connectivity index (χ3n) is 1.57. The summed E-state index contributed by atoms with van der Waals surface area (Å²) in [5, 5.41) is 10.5. The van der Waals surface area contributed by atoms with Gasteiger partial charge in [0.05, 0.1) is 4.92 Å². The van der Waals surface area contributed by atoms with E-state index in [0.29, 0.717) is 0 Å². The van der Waals surface area contributed by atoms with E-state index in [-0.39, 0.29) is 11.8 Å². The zero-order chi connectivity index (χ0) is 11.6. The average Bonchev–Trinajstić information content (AvgIpc) is 2.15. The number of hydrogen-bond acceptors (Lipinski definition) is 4. The number of carbonyl (C=O) groups excluding carboxylic acids is 1. The third kappa shape index (κ3) is 2.14. The highest BCUT2D eigenvalue weighted by Crippen LogP contribution is 2.34. The number of aldehydes is 1. The first kappa shape index (κ1) is 11.6. The molecular formula is C7H3BrF2N2O3. The van der Waals surface area contributed by atoms with E-state index >= 15 is 0 Å². The number of hydrogen-bond donors (Lipinski definition) is 0. The van der Waals surface area contributed by atoms with Gasteiger partial charge in [0.15, 0.2) is 6.29 Å². The molecule has 1 aromatic heterocycles. The summed E-state index contributed by atoms with van der Waals surface area (Å²) in [5.41, 5.74) is -1.81. The Bertz CT molecular complexity index is 425. The lowest BCUT2D eigenvalue weighted by atomic mass is 10.2. The van der Waals surface area contributed by atoms with Crippen LogP contribution in [0.2, 0.25) is 0 Å². The Balaban J connectivity index is 3.49. The Hall–Kier alpha value is -1.44. The van der Waals surface area contributed by atoms with E-state index in [2.05, 4.69) is 20.9 Å². The van der Waals surface area contributed by atoms with Crippen LogP contribution in [-0.4, -0.2) is 16.2 Å². The maximum Gasteiger partial charge on any atom is 0.297 e. The third-order valence-corrected chi connectivity index (χ3v) is 2.35. The fraction of sp³-hybridized carbons (Fsp3) is 0.143. The molecule has 0 aliphatic rings. The van der Waals surface area contributed by atoms with Crippen molar-refractivity contribution in [2.45, 2.75) is 6.43 Å². The van der Waals surface area contributed by atoms with Gasteiger partial charge in [-0.25, -0.2) is 8.78 Å². The zero-order valence-corrected chi connectivity index (χ0v) is 8.57. The molecule has 0 unspecified atom stereocenters. The molecule has 5 nitrogen and oxygen atoms in total. The number of nitro groups is 1. The average molecular weight is 281 g/mol. The monoisotopic (exact) mass is 280 g/mol. The number of alkyl halides is 2. The highest BCUT2D eigenvalue weighted by Gasteiger charge is 2.26. The van der Waals surface area contributed by atoms with E-state index in [4.69, 9.17) is 0 Å². The van der Waals surface area contributed by atoms with Crippen molar-refractivity contribution in [3.05, 3.63) is 32.0 Å². The van der Waals surface area contributed by atoms with Crippen molar-refractivity contribution in [3.63, 3.8) is 0 Å². The molecule has 0 saturated carbocycles. The summed E-state index contributed by atoms with van der Waals surface area (Å²) < 4.78 is 24.1. The molecule has 0 N–H and O–H groups in total. The number of rotatable bonds is 3. The molecule has 0 aliphatic carbocycles. The van der Waals surface area contributed by atoms with E-state index in [9.17, 15) is 23.7 Å². The van der Waals surface area contributed by atoms with Gasteiger partial charge in [0.1, 0.15) is 15.7 Å². The standard InChI is InChI=1S/C7H3BrF2N2O3/c8-4-5(7(9)10)11-1-3(2-13)6(4)12(14)15/h1-2,7H. The second-order valence-electron chi connectivity index (χ2n) is 2.44. The number of nitrogens with zero attached hydrogens (tertiary/aromatic N) is 2. The molecule has 0 amide bonds. The fourth-order valence-corrected chi connectivity index (χ4v) is 1.58. The first-order valence-corrected chi connectivity index (χ1v) is 4.34. The maximum absolute atomic E-state index is 12.3. The van der Waals surface area contributed by atoms with Crippen LogP contribution >= 0.6 is 15.9 Å². The van der Waals surface area contributed by atoms with Gasteiger partial charge in [-0.2, -0.15) is 0 Å². The normalized spacial score (nSPS) is 10.4. The summed E-state index contributed by atoms with van der Waals surface area (Å²) in [6, 6.07) is 0. The number of carbonyl (C=O) groups is 1. The predicted molar refractivity (Wildman–Crippen MR) is 48.9 cm³/mol. The molecule has 0 aromatic carbocycles. The summed E-state index contributed by atoms with van der Waals surface area (Å²) in [5.74, 6) is 0. The van der Waals surface area contributed by atoms with Crippen molar-refractivity contribution >= 4 is 27.9 Å². The van der Waals surface area contributed by atoms with Crippen LogP contribution in [0, 0.1) is 10.1 Å². The molecule has 1 heterocycles. The van der Waals surface area contributed by atoms with Gasteiger partial charge in [-0.1, -0.05) is 0 Å². The van der Waals surface area contributed by atoms with Crippen LogP contribution < -0.4 is 0 Å². The lowest BCUT2D eigenvalue weighted by Crippen LogP contribution is -2.01. The van der Waals surface area contributed by atoms with Gasteiger partial charge < -0.3 is 0 Å². The summed E-state index contributed by atoms with van der Waals surface area (Å²) in [4.78, 5) is 23.3. The molecule has 1 rings (SSSR count). The Morgan fingerprint density at radius 3 is 2.60 bits per heavy atom. The van der Waals surface area contributed by atoms with Gasteiger partial charge in [-0.15, -0.1) is 0 Å². The molecule has 15 heavy (non-hydrogen) atoms. The molecular weight excluding hydrogens is 278 g/mol. The van der Waals surface area contributed by atoms with Crippen molar-refractivity contribution < 1.29 is 18.5 Å². The lowest BCUT2D eigenvalue weighted by molar-refractivity contribution is -0.386. The van der Waals surface area contributed by atoms with E-state index in [1.807, 2.05) is 0 Å². The van der Waals surface area contributed by atoms with E-state index in [1.165, 1.54) is 0 Å². The predicted octanol–water partition coefficient (Wildman–Crippen LogP) is 2.50. The molecule has 0 aliphatic heterocycles. The second kappa shape index (κ2) is 4.39. The first-order valence-electron chi connectivity index (χ1n) is 3.55. The van der Waals surface area contributed by atoms with Crippen LogP contribution in [0.1, 0.15) is 22.5 Å². The molecule has 1 aromatic rings. The minimum absolute atomic E-state index is 0.186. The Morgan fingerprint density at radius 1 is 1.60 bits per heavy atom. The summed E-state index contributed by atoms with van der Waals surface area (Å²) in [6.45, 7) is 0. The molecule has 0 bridgehead atoms. The van der Waals surface area contributed by atoms with Gasteiger partial charge in [0.2, 0.25) is 0 Å². The van der Waals surface area contributed by atoms with Crippen LogP contribution in [-0.2, 0) is 0 Å². The van der Waals surface area contributed by atoms with Crippen LogP contribution in [0.5, 0.6) is 0 Å². The largest absolute Gasteiger partial charge is 0.298 e. The molecule has 8 heteroatoms. The molecule has 0 spiro atoms. The van der Waals surface area contributed by atoms with Crippen molar-refractivity contribution in [2.75, 3.05) is 0 Å². The van der Waals surface area contributed by atoms with Crippen molar-refractivity contribution in [2.24, 2.45) is 0 Å². The molecule has 80 valence electrons. The van der Waals surface area contributed by atoms with Crippen molar-refractivity contribution in [3.8, 4) is 0 Å². The van der Waals surface area contributed by atoms with Gasteiger partial charge >= 0.3 is 0 Å². The maximum atomic E-state index is 12.3. The lowest BCUT2D eigenvalue weighted by Gasteiger charge is -2.03. The molecule has 0 saturated heterocycles. The minimum atomic E-state index is -2.95. The molecule has 0 radical (unpaired) electrons. The van der Waals surface area contributed by atoms with Gasteiger partial charge in [0.25, 0.3) is 12.1 Å². The molecule has 0 fully saturated rings.